The highest BCUT2D eigenvalue weighted by Gasteiger charge is 2.37. The molecule has 1 aliphatic rings. The van der Waals surface area contributed by atoms with Crippen molar-refractivity contribution >= 4 is 10.0 Å². The SMILES string of the molecule is O=S(=O)(C1CC1)n1cc(-c2cc(F)ccc2O)cn1. The van der Waals surface area contributed by atoms with Gasteiger partial charge in [0.15, 0.2) is 0 Å². The first kappa shape index (κ1) is 12.2. The summed E-state index contributed by atoms with van der Waals surface area (Å²) in [5.41, 5.74) is 0.582. The molecule has 5 nitrogen and oxygen atoms in total. The zero-order valence-electron chi connectivity index (χ0n) is 9.82. The van der Waals surface area contributed by atoms with Crippen LogP contribution in [0.5, 0.6) is 5.75 Å². The van der Waals surface area contributed by atoms with Crippen molar-refractivity contribution in [3.63, 3.8) is 0 Å². The number of phenolic OH excluding ortho intramolecular Hbond substituents is 1. The first-order chi connectivity index (χ1) is 8.98. The smallest absolute Gasteiger partial charge is 0.256 e. The Kier molecular flexibility index (Phi) is 2.60. The highest BCUT2D eigenvalue weighted by atomic mass is 32.2. The van der Waals surface area contributed by atoms with Gasteiger partial charge in [-0.3, -0.25) is 0 Å². The standard InChI is InChI=1S/C12H11FN2O3S/c13-9-1-4-12(16)11(5-9)8-6-14-15(7-8)19(17,18)10-2-3-10/h1,4-7,10,16H,2-3H2. The van der Waals surface area contributed by atoms with Gasteiger partial charge in [-0.05, 0) is 31.0 Å². The van der Waals surface area contributed by atoms with Gasteiger partial charge in [-0.1, -0.05) is 0 Å². The van der Waals surface area contributed by atoms with Gasteiger partial charge in [-0.15, -0.1) is 0 Å². The number of hydrogen-bond acceptors (Lipinski definition) is 4. The molecule has 0 radical (unpaired) electrons. The van der Waals surface area contributed by atoms with E-state index in [1.54, 1.807) is 0 Å². The summed E-state index contributed by atoms with van der Waals surface area (Å²) in [7, 11) is -3.45. The fraction of sp³-hybridized carbons (Fsp3) is 0.250. The average Bonchev–Trinajstić information content (AvgIpc) is 3.11. The molecule has 7 heteroatoms. The molecule has 1 saturated carbocycles. The number of aromatic hydroxyl groups is 1. The van der Waals surface area contributed by atoms with Crippen molar-refractivity contribution in [3.05, 3.63) is 36.4 Å². The summed E-state index contributed by atoms with van der Waals surface area (Å²) in [5, 5.41) is 13.1. The Labute approximate surface area is 109 Å². The third kappa shape index (κ3) is 2.10. The van der Waals surface area contributed by atoms with E-state index < -0.39 is 15.8 Å². The number of phenols is 1. The third-order valence-corrected chi connectivity index (χ3v) is 5.07. The number of hydrogen-bond donors (Lipinski definition) is 1. The van der Waals surface area contributed by atoms with E-state index in [1.807, 2.05) is 0 Å². The van der Waals surface area contributed by atoms with E-state index >= 15 is 0 Å². The highest BCUT2D eigenvalue weighted by molar-refractivity contribution is 7.90. The summed E-state index contributed by atoms with van der Waals surface area (Å²) in [6.45, 7) is 0. The summed E-state index contributed by atoms with van der Waals surface area (Å²) in [4.78, 5) is 0. The van der Waals surface area contributed by atoms with Crippen LogP contribution in [-0.4, -0.2) is 28.0 Å². The molecule has 1 heterocycles. The van der Waals surface area contributed by atoms with Gasteiger partial charge < -0.3 is 5.11 Å². The second-order valence-electron chi connectivity index (χ2n) is 4.51. The van der Waals surface area contributed by atoms with Gasteiger partial charge in [0, 0.05) is 11.1 Å². The van der Waals surface area contributed by atoms with Crippen molar-refractivity contribution in [2.75, 3.05) is 0 Å². The van der Waals surface area contributed by atoms with Crippen molar-refractivity contribution in [3.8, 4) is 16.9 Å². The average molecular weight is 282 g/mol. The molecule has 2 aromatic rings. The summed E-state index contributed by atoms with van der Waals surface area (Å²) >= 11 is 0. The van der Waals surface area contributed by atoms with Crippen LogP contribution in [0.4, 0.5) is 4.39 Å². The number of benzene rings is 1. The zero-order valence-corrected chi connectivity index (χ0v) is 10.6. The van der Waals surface area contributed by atoms with E-state index in [0.717, 1.165) is 16.2 Å². The molecule has 0 spiro atoms. The van der Waals surface area contributed by atoms with Gasteiger partial charge in [-0.2, -0.15) is 9.19 Å². The number of rotatable bonds is 3. The topological polar surface area (TPSA) is 72.2 Å². The molecule has 0 bridgehead atoms. The minimum atomic E-state index is -3.45. The molecule has 19 heavy (non-hydrogen) atoms. The van der Waals surface area contributed by atoms with Crippen molar-refractivity contribution in [2.45, 2.75) is 18.1 Å². The Bertz CT molecular complexity index is 735. The summed E-state index contributed by atoms with van der Waals surface area (Å²) in [6.07, 6.45) is 3.88. The van der Waals surface area contributed by atoms with Crippen molar-refractivity contribution in [1.29, 1.82) is 0 Å². The summed E-state index contributed by atoms with van der Waals surface area (Å²) < 4.78 is 38.0. The van der Waals surface area contributed by atoms with E-state index in [2.05, 4.69) is 5.10 Å². The Morgan fingerprint density at radius 3 is 2.79 bits per heavy atom. The van der Waals surface area contributed by atoms with E-state index in [1.165, 1.54) is 18.5 Å². The molecule has 0 atom stereocenters. The maximum atomic E-state index is 13.2. The van der Waals surface area contributed by atoms with Gasteiger partial charge >= 0.3 is 0 Å². The van der Waals surface area contributed by atoms with Crippen LogP contribution in [0.15, 0.2) is 30.6 Å². The van der Waals surface area contributed by atoms with Crippen molar-refractivity contribution in [2.24, 2.45) is 0 Å². The first-order valence-electron chi connectivity index (χ1n) is 5.76. The lowest BCUT2D eigenvalue weighted by Crippen LogP contribution is -2.17. The maximum absolute atomic E-state index is 13.2. The third-order valence-electron chi connectivity index (χ3n) is 3.04. The van der Waals surface area contributed by atoms with Crippen LogP contribution in [-0.2, 0) is 10.0 Å². The molecule has 0 unspecified atom stereocenters. The summed E-state index contributed by atoms with van der Waals surface area (Å²) in [6, 6.07) is 3.49. The van der Waals surface area contributed by atoms with Crippen LogP contribution < -0.4 is 0 Å². The number of aromatic nitrogens is 2. The van der Waals surface area contributed by atoms with Crippen molar-refractivity contribution < 1.29 is 17.9 Å². The van der Waals surface area contributed by atoms with Crippen LogP contribution in [0, 0.1) is 5.82 Å². The molecule has 3 rings (SSSR count). The first-order valence-corrected chi connectivity index (χ1v) is 7.27. The molecule has 1 aromatic carbocycles. The molecular weight excluding hydrogens is 271 g/mol. The molecule has 100 valence electrons. The molecule has 1 aromatic heterocycles. The molecule has 1 aliphatic carbocycles. The number of nitrogens with zero attached hydrogens (tertiary/aromatic N) is 2. The van der Waals surface area contributed by atoms with Gasteiger partial charge in [-0.25, -0.2) is 12.8 Å². The Hall–Kier alpha value is -1.89. The quantitative estimate of drug-likeness (QED) is 0.930. The Balaban J connectivity index is 2.04. The molecule has 0 aliphatic heterocycles. The second kappa shape index (κ2) is 4.06. The van der Waals surface area contributed by atoms with Gasteiger partial charge in [0.05, 0.1) is 17.6 Å². The normalized spacial score (nSPS) is 15.6. The monoisotopic (exact) mass is 282 g/mol. The van der Waals surface area contributed by atoms with E-state index in [4.69, 9.17) is 0 Å². The van der Waals surface area contributed by atoms with E-state index in [0.29, 0.717) is 18.4 Å². The zero-order chi connectivity index (χ0) is 13.6. The van der Waals surface area contributed by atoms with Gasteiger partial charge in [0.2, 0.25) is 0 Å². The summed E-state index contributed by atoms with van der Waals surface area (Å²) in [5.74, 6) is -0.629. The predicted molar refractivity (Wildman–Crippen MR) is 66.6 cm³/mol. The lowest BCUT2D eigenvalue weighted by atomic mass is 10.1. The number of halogens is 1. The highest BCUT2D eigenvalue weighted by Crippen LogP contribution is 2.32. The second-order valence-corrected chi connectivity index (χ2v) is 6.58. The van der Waals surface area contributed by atoms with Crippen LogP contribution in [0.25, 0.3) is 11.1 Å². The van der Waals surface area contributed by atoms with E-state index in [9.17, 15) is 17.9 Å². The minimum absolute atomic E-state index is 0.121. The minimum Gasteiger partial charge on any atom is -0.507 e. The van der Waals surface area contributed by atoms with Crippen LogP contribution in [0.1, 0.15) is 12.8 Å². The molecule has 1 fully saturated rings. The molecular formula is C12H11FN2O3S. The fourth-order valence-corrected chi connectivity index (χ4v) is 3.32. The maximum Gasteiger partial charge on any atom is 0.256 e. The van der Waals surface area contributed by atoms with Crippen LogP contribution in [0.3, 0.4) is 0 Å². The van der Waals surface area contributed by atoms with E-state index in [-0.39, 0.29) is 16.6 Å². The fourth-order valence-electron chi connectivity index (χ4n) is 1.84. The lowest BCUT2D eigenvalue weighted by molar-refractivity contribution is 0.475. The van der Waals surface area contributed by atoms with Gasteiger partial charge in [0.25, 0.3) is 10.0 Å². The Morgan fingerprint density at radius 2 is 2.11 bits per heavy atom. The van der Waals surface area contributed by atoms with Crippen molar-refractivity contribution in [1.82, 2.24) is 9.19 Å². The predicted octanol–water partition coefficient (Wildman–Crippen LogP) is 1.74. The molecule has 1 N–H and O–H groups in total. The lowest BCUT2D eigenvalue weighted by Gasteiger charge is -2.02. The Morgan fingerprint density at radius 1 is 1.37 bits per heavy atom. The van der Waals surface area contributed by atoms with Crippen LogP contribution >= 0.6 is 0 Å². The largest absolute Gasteiger partial charge is 0.507 e. The molecule has 0 saturated heterocycles. The van der Waals surface area contributed by atoms with Gasteiger partial charge in [0.1, 0.15) is 11.6 Å². The molecule has 0 amide bonds. The van der Waals surface area contributed by atoms with Crippen LogP contribution in [0.2, 0.25) is 0 Å².